The number of alkyl halides is 2. The van der Waals surface area contributed by atoms with Gasteiger partial charge in [0.15, 0.2) is 0 Å². The SMILES string of the molecule is CC1CNCC2(CCCN2CC(F)F)C1. The highest BCUT2D eigenvalue weighted by molar-refractivity contribution is 5.01. The van der Waals surface area contributed by atoms with Crippen molar-refractivity contribution in [3.63, 3.8) is 0 Å². The summed E-state index contributed by atoms with van der Waals surface area (Å²) in [6.07, 6.45) is 1.03. The predicted octanol–water partition coefficient (Wildman–Crippen LogP) is 1.72. The Morgan fingerprint density at radius 2 is 2.33 bits per heavy atom. The first-order chi connectivity index (χ1) is 7.12. The molecule has 0 aromatic heterocycles. The quantitative estimate of drug-likeness (QED) is 0.759. The Hall–Kier alpha value is -0.220. The van der Waals surface area contributed by atoms with Crippen LogP contribution in [0.2, 0.25) is 0 Å². The van der Waals surface area contributed by atoms with Gasteiger partial charge in [-0.25, -0.2) is 8.78 Å². The first-order valence-corrected chi connectivity index (χ1v) is 5.86. The average Bonchev–Trinajstić information content (AvgIpc) is 2.48. The van der Waals surface area contributed by atoms with E-state index in [-0.39, 0.29) is 12.1 Å². The standard InChI is InChI=1S/C11H20F2N2/c1-9-5-11(8-14-6-9)3-2-4-15(11)7-10(12)13/h9-10,14H,2-8H2,1H3. The van der Waals surface area contributed by atoms with Crippen LogP contribution in [0.1, 0.15) is 26.2 Å². The number of likely N-dealkylation sites (tertiary alicyclic amines) is 1. The molecule has 2 aliphatic rings. The second kappa shape index (κ2) is 4.34. The normalized spacial score (nSPS) is 38.0. The molecule has 2 heterocycles. The lowest BCUT2D eigenvalue weighted by molar-refractivity contribution is 0.0233. The Labute approximate surface area is 90.0 Å². The van der Waals surface area contributed by atoms with E-state index in [1.54, 1.807) is 0 Å². The topological polar surface area (TPSA) is 15.3 Å². The number of hydrogen-bond acceptors (Lipinski definition) is 2. The maximum Gasteiger partial charge on any atom is 0.251 e. The number of nitrogens with one attached hydrogen (secondary N) is 1. The molecule has 2 fully saturated rings. The largest absolute Gasteiger partial charge is 0.315 e. The van der Waals surface area contributed by atoms with Crippen LogP contribution in [-0.4, -0.2) is 43.0 Å². The van der Waals surface area contributed by atoms with E-state index in [1.807, 2.05) is 4.90 Å². The smallest absolute Gasteiger partial charge is 0.251 e. The molecule has 0 amide bonds. The fourth-order valence-corrected chi connectivity index (χ4v) is 3.22. The molecule has 2 saturated heterocycles. The van der Waals surface area contributed by atoms with Crippen LogP contribution in [0.3, 0.4) is 0 Å². The van der Waals surface area contributed by atoms with Gasteiger partial charge in [-0.15, -0.1) is 0 Å². The van der Waals surface area contributed by atoms with Crippen molar-refractivity contribution in [1.29, 1.82) is 0 Å². The van der Waals surface area contributed by atoms with E-state index < -0.39 is 6.43 Å². The zero-order chi connectivity index (χ0) is 10.9. The van der Waals surface area contributed by atoms with Crippen molar-refractivity contribution in [1.82, 2.24) is 10.2 Å². The zero-order valence-corrected chi connectivity index (χ0v) is 9.31. The monoisotopic (exact) mass is 218 g/mol. The Balaban J connectivity index is 2.04. The highest BCUT2D eigenvalue weighted by Crippen LogP contribution is 2.36. The van der Waals surface area contributed by atoms with Crippen LogP contribution in [-0.2, 0) is 0 Å². The van der Waals surface area contributed by atoms with Gasteiger partial charge in [0.05, 0.1) is 6.54 Å². The molecule has 0 radical (unpaired) electrons. The van der Waals surface area contributed by atoms with Gasteiger partial charge in [0.25, 0.3) is 6.43 Å². The minimum absolute atomic E-state index is 0.0358. The number of nitrogens with zero attached hydrogens (tertiary/aromatic N) is 1. The van der Waals surface area contributed by atoms with Crippen LogP contribution < -0.4 is 5.32 Å². The van der Waals surface area contributed by atoms with Gasteiger partial charge in [-0.2, -0.15) is 0 Å². The molecular formula is C11H20F2N2. The van der Waals surface area contributed by atoms with Crippen molar-refractivity contribution >= 4 is 0 Å². The van der Waals surface area contributed by atoms with Crippen LogP contribution in [0.5, 0.6) is 0 Å². The summed E-state index contributed by atoms with van der Waals surface area (Å²) < 4.78 is 24.9. The highest BCUT2D eigenvalue weighted by atomic mass is 19.3. The predicted molar refractivity (Wildman–Crippen MR) is 56.2 cm³/mol. The van der Waals surface area contributed by atoms with Crippen LogP contribution in [0.4, 0.5) is 8.78 Å². The third-order valence-electron chi connectivity index (χ3n) is 3.77. The van der Waals surface area contributed by atoms with E-state index in [9.17, 15) is 8.78 Å². The van der Waals surface area contributed by atoms with Gasteiger partial charge in [0.2, 0.25) is 0 Å². The summed E-state index contributed by atoms with van der Waals surface area (Å²) in [6, 6.07) is 0. The fourth-order valence-electron chi connectivity index (χ4n) is 3.22. The van der Waals surface area contributed by atoms with E-state index in [2.05, 4.69) is 12.2 Å². The van der Waals surface area contributed by atoms with Crippen LogP contribution in [0, 0.1) is 5.92 Å². The van der Waals surface area contributed by atoms with Gasteiger partial charge in [-0.1, -0.05) is 6.92 Å². The number of halogens is 2. The van der Waals surface area contributed by atoms with Gasteiger partial charge >= 0.3 is 0 Å². The third kappa shape index (κ3) is 2.31. The van der Waals surface area contributed by atoms with Crippen LogP contribution in [0.15, 0.2) is 0 Å². The van der Waals surface area contributed by atoms with E-state index in [0.717, 1.165) is 38.9 Å². The lowest BCUT2D eigenvalue weighted by Crippen LogP contribution is -2.57. The summed E-state index contributed by atoms with van der Waals surface area (Å²) in [7, 11) is 0. The summed E-state index contributed by atoms with van der Waals surface area (Å²) in [5, 5.41) is 3.38. The molecule has 2 nitrogen and oxygen atoms in total. The first-order valence-electron chi connectivity index (χ1n) is 5.86. The van der Waals surface area contributed by atoms with E-state index in [4.69, 9.17) is 0 Å². The molecule has 88 valence electrons. The Bertz CT molecular complexity index is 223. The van der Waals surface area contributed by atoms with Crippen molar-refractivity contribution < 1.29 is 8.78 Å². The molecule has 15 heavy (non-hydrogen) atoms. The highest BCUT2D eigenvalue weighted by Gasteiger charge is 2.43. The van der Waals surface area contributed by atoms with Gasteiger partial charge in [0, 0.05) is 12.1 Å². The van der Waals surface area contributed by atoms with Crippen molar-refractivity contribution in [2.75, 3.05) is 26.2 Å². The van der Waals surface area contributed by atoms with Crippen molar-refractivity contribution in [2.24, 2.45) is 5.92 Å². The van der Waals surface area contributed by atoms with Crippen molar-refractivity contribution in [3.8, 4) is 0 Å². The van der Waals surface area contributed by atoms with Gasteiger partial charge < -0.3 is 5.32 Å². The van der Waals surface area contributed by atoms with Crippen molar-refractivity contribution in [2.45, 2.75) is 38.2 Å². The summed E-state index contributed by atoms with van der Waals surface area (Å²) in [5.74, 6) is 0.608. The summed E-state index contributed by atoms with van der Waals surface area (Å²) in [4.78, 5) is 2.01. The molecule has 0 saturated carbocycles. The Morgan fingerprint density at radius 1 is 1.53 bits per heavy atom. The molecule has 0 aromatic rings. The Kier molecular flexibility index (Phi) is 3.26. The molecule has 2 rings (SSSR count). The van der Waals surface area contributed by atoms with E-state index in [1.165, 1.54) is 0 Å². The maximum absolute atomic E-state index is 12.5. The minimum atomic E-state index is -2.20. The molecule has 0 bridgehead atoms. The molecule has 2 unspecified atom stereocenters. The van der Waals surface area contributed by atoms with Gasteiger partial charge in [-0.3, -0.25) is 4.90 Å². The molecular weight excluding hydrogens is 198 g/mol. The van der Waals surface area contributed by atoms with E-state index >= 15 is 0 Å². The summed E-state index contributed by atoms with van der Waals surface area (Å²) >= 11 is 0. The molecule has 2 atom stereocenters. The molecule has 1 spiro atoms. The van der Waals surface area contributed by atoms with Gasteiger partial charge in [0.1, 0.15) is 0 Å². The molecule has 0 aromatic carbocycles. The van der Waals surface area contributed by atoms with Crippen LogP contribution in [0.25, 0.3) is 0 Å². The first kappa shape index (κ1) is 11.3. The average molecular weight is 218 g/mol. The summed E-state index contributed by atoms with van der Waals surface area (Å²) in [6.45, 7) is 4.92. The third-order valence-corrected chi connectivity index (χ3v) is 3.77. The molecule has 0 aliphatic carbocycles. The number of hydrogen-bond donors (Lipinski definition) is 1. The second-order valence-electron chi connectivity index (χ2n) is 5.11. The molecule has 4 heteroatoms. The minimum Gasteiger partial charge on any atom is -0.315 e. The van der Waals surface area contributed by atoms with Gasteiger partial charge in [-0.05, 0) is 38.3 Å². The Morgan fingerprint density at radius 3 is 3.00 bits per heavy atom. The maximum atomic E-state index is 12.5. The zero-order valence-electron chi connectivity index (χ0n) is 9.31. The second-order valence-corrected chi connectivity index (χ2v) is 5.11. The molecule has 1 N–H and O–H groups in total. The summed E-state index contributed by atoms with van der Waals surface area (Å²) in [5.41, 5.74) is 0.0358. The van der Waals surface area contributed by atoms with Crippen LogP contribution >= 0.6 is 0 Å². The molecule has 2 aliphatic heterocycles. The van der Waals surface area contributed by atoms with E-state index in [0.29, 0.717) is 5.92 Å². The number of rotatable bonds is 2. The lowest BCUT2D eigenvalue weighted by Gasteiger charge is -2.44. The number of piperidine rings is 1. The lowest BCUT2D eigenvalue weighted by atomic mass is 9.82. The van der Waals surface area contributed by atoms with Crippen molar-refractivity contribution in [3.05, 3.63) is 0 Å². The fraction of sp³-hybridized carbons (Fsp3) is 1.00.